The number of nitrogens with zero attached hydrogens (tertiary/aromatic N) is 2. The number of hydrogen-bond donors (Lipinski definition) is 1. The first-order valence-corrected chi connectivity index (χ1v) is 6.77. The van der Waals surface area contributed by atoms with Crippen molar-refractivity contribution >= 4 is 5.96 Å². The number of guanidine groups is 1. The smallest absolute Gasteiger partial charge is 0.192 e. The number of nitrogens with two attached hydrogens (primary N) is 1. The standard InChI is InChI=1S/C15H23N3O/c1-5-11(2)18-14(16)17-10-15(18,3)12-8-6-7-9-13(12)19-4/h6-9,11H,5,10H2,1-4H3,(H2,16,17). The maximum atomic E-state index is 6.10. The van der Waals surface area contributed by atoms with Crippen molar-refractivity contribution in [3.63, 3.8) is 0 Å². The lowest BCUT2D eigenvalue weighted by molar-refractivity contribution is 0.167. The van der Waals surface area contributed by atoms with Crippen LogP contribution >= 0.6 is 0 Å². The van der Waals surface area contributed by atoms with Crippen LogP contribution in [0.1, 0.15) is 32.8 Å². The number of hydrogen-bond acceptors (Lipinski definition) is 4. The summed E-state index contributed by atoms with van der Waals surface area (Å²) in [7, 11) is 1.70. The minimum atomic E-state index is -0.230. The Morgan fingerprint density at radius 1 is 1.47 bits per heavy atom. The molecule has 2 unspecified atom stereocenters. The quantitative estimate of drug-likeness (QED) is 0.905. The highest BCUT2D eigenvalue weighted by Gasteiger charge is 2.43. The van der Waals surface area contributed by atoms with E-state index in [0.717, 1.165) is 17.7 Å². The maximum absolute atomic E-state index is 6.10. The summed E-state index contributed by atoms with van der Waals surface area (Å²) in [5, 5.41) is 0. The van der Waals surface area contributed by atoms with Gasteiger partial charge in [0.1, 0.15) is 5.75 Å². The van der Waals surface area contributed by atoms with E-state index in [4.69, 9.17) is 10.5 Å². The van der Waals surface area contributed by atoms with Gasteiger partial charge in [-0.25, -0.2) is 0 Å². The van der Waals surface area contributed by atoms with Crippen LogP contribution in [0.3, 0.4) is 0 Å². The minimum absolute atomic E-state index is 0.230. The average molecular weight is 261 g/mol. The van der Waals surface area contributed by atoms with Gasteiger partial charge in [0.2, 0.25) is 0 Å². The second kappa shape index (κ2) is 5.11. The van der Waals surface area contributed by atoms with Crippen LogP contribution in [0.15, 0.2) is 29.3 Å². The Labute approximate surface area is 115 Å². The summed E-state index contributed by atoms with van der Waals surface area (Å²) in [6.45, 7) is 7.20. The van der Waals surface area contributed by atoms with E-state index in [1.807, 2.05) is 18.2 Å². The first kappa shape index (κ1) is 13.7. The molecule has 104 valence electrons. The summed E-state index contributed by atoms with van der Waals surface area (Å²) >= 11 is 0. The summed E-state index contributed by atoms with van der Waals surface area (Å²) in [5.74, 6) is 1.52. The number of methoxy groups -OCH3 is 1. The molecule has 0 saturated heterocycles. The predicted molar refractivity (Wildman–Crippen MR) is 78.4 cm³/mol. The van der Waals surface area contributed by atoms with Gasteiger partial charge >= 0.3 is 0 Å². The molecule has 0 aromatic heterocycles. The van der Waals surface area contributed by atoms with Gasteiger partial charge in [-0.15, -0.1) is 0 Å². The van der Waals surface area contributed by atoms with Crippen molar-refractivity contribution in [1.82, 2.24) is 4.90 Å². The molecule has 0 fully saturated rings. The lowest BCUT2D eigenvalue weighted by Gasteiger charge is -2.41. The first-order valence-electron chi connectivity index (χ1n) is 6.77. The van der Waals surface area contributed by atoms with E-state index < -0.39 is 0 Å². The van der Waals surface area contributed by atoms with Gasteiger partial charge in [0.15, 0.2) is 5.96 Å². The van der Waals surface area contributed by atoms with Gasteiger partial charge in [-0.1, -0.05) is 25.1 Å². The molecule has 1 heterocycles. The van der Waals surface area contributed by atoms with Gasteiger partial charge in [-0.3, -0.25) is 4.99 Å². The lowest BCUT2D eigenvalue weighted by atomic mass is 9.89. The minimum Gasteiger partial charge on any atom is -0.496 e. The molecule has 1 aromatic carbocycles. The van der Waals surface area contributed by atoms with E-state index in [1.54, 1.807) is 7.11 Å². The largest absolute Gasteiger partial charge is 0.496 e. The van der Waals surface area contributed by atoms with E-state index in [1.165, 1.54) is 0 Å². The number of para-hydroxylation sites is 1. The Morgan fingerprint density at radius 2 is 2.16 bits per heavy atom. The van der Waals surface area contributed by atoms with Crippen LogP contribution in [0.2, 0.25) is 0 Å². The van der Waals surface area contributed by atoms with Gasteiger partial charge in [-0.05, 0) is 26.3 Å². The van der Waals surface area contributed by atoms with Crippen LogP contribution in [0.25, 0.3) is 0 Å². The van der Waals surface area contributed by atoms with Crippen molar-refractivity contribution in [2.24, 2.45) is 10.7 Å². The van der Waals surface area contributed by atoms with Gasteiger partial charge < -0.3 is 15.4 Å². The van der Waals surface area contributed by atoms with Crippen LogP contribution in [-0.4, -0.2) is 30.6 Å². The highest BCUT2D eigenvalue weighted by molar-refractivity contribution is 5.81. The van der Waals surface area contributed by atoms with E-state index in [2.05, 4.69) is 36.7 Å². The fourth-order valence-electron chi connectivity index (χ4n) is 2.84. The zero-order chi connectivity index (χ0) is 14.0. The molecule has 2 N–H and O–H groups in total. The summed E-state index contributed by atoms with van der Waals surface area (Å²) in [5.41, 5.74) is 7.01. The van der Waals surface area contributed by atoms with Crippen LogP contribution in [0.5, 0.6) is 5.75 Å². The Bertz CT molecular complexity index is 486. The van der Waals surface area contributed by atoms with Gasteiger partial charge in [0, 0.05) is 11.6 Å². The van der Waals surface area contributed by atoms with Gasteiger partial charge in [-0.2, -0.15) is 0 Å². The summed E-state index contributed by atoms with van der Waals surface area (Å²) in [6.07, 6.45) is 1.03. The third-order valence-corrected chi connectivity index (χ3v) is 4.05. The maximum Gasteiger partial charge on any atom is 0.192 e. The second-order valence-corrected chi connectivity index (χ2v) is 5.28. The Morgan fingerprint density at radius 3 is 2.79 bits per heavy atom. The van der Waals surface area contributed by atoms with Crippen molar-refractivity contribution in [2.45, 2.75) is 38.8 Å². The first-order chi connectivity index (χ1) is 9.04. The van der Waals surface area contributed by atoms with E-state index in [0.29, 0.717) is 18.5 Å². The third kappa shape index (κ3) is 2.15. The summed E-state index contributed by atoms with van der Waals surface area (Å²) in [6, 6.07) is 8.46. The fraction of sp³-hybridized carbons (Fsp3) is 0.533. The molecule has 4 heteroatoms. The molecule has 1 aromatic rings. The van der Waals surface area contributed by atoms with Crippen molar-refractivity contribution in [2.75, 3.05) is 13.7 Å². The molecule has 1 aliphatic rings. The molecular weight excluding hydrogens is 238 g/mol. The molecule has 0 spiro atoms. The van der Waals surface area contributed by atoms with Crippen LogP contribution in [0.4, 0.5) is 0 Å². The Balaban J connectivity index is 2.47. The number of ether oxygens (including phenoxy) is 1. The van der Waals surface area contributed by atoms with E-state index >= 15 is 0 Å². The van der Waals surface area contributed by atoms with Crippen LogP contribution < -0.4 is 10.5 Å². The highest BCUT2D eigenvalue weighted by Crippen LogP contribution is 2.39. The number of rotatable bonds is 4. The molecule has 2 atom stereocenters. The molecule has 0 bridgehead atoms. The van der Waals surface area contributed by atoms with Gasteiger partial charge in [0.05, 0.1) is 19.2 Å². The molecule has 0 amide bonds. The molecule has 0 aliphatic carbocycles. The molecule has 2 rings (SSSR count). The zero-order valence-corrected chi connectivity index (χ0v) is 12.2. The lowest BCUT2D eigenvalue weighted by Crippen LogP contribution is -2.51. The monoisotopic (exact) mass is 261 g/mol. The van der Waals surface area contributed by atoms with Gasteiger partial charge in [0.25, 0.3) is 0 Å². The number of benzene rings is 1. The van der Waals surface area contributed by atoms with Crippen molar-refractivity contribution in [3.8, 4) is 5.75 Å². The fourth-order valence-corrected chi connectivity index (χ4v) is 2.84. The Hall–Kier alpha value is -1.71. The molecule has 19 heavy (non-hydrogen) atoms. The third-order valence-electron chi connectivity index (χ3n) is 4.05. The summed E-state index contributed by atoms with van der Waals surface area (Å²) in [4.78, 5) is 6.67. The normalized spacial score (nSPS) is 24.2. The highest BCUT2D eigenvalue weighted by atomic mass is 16.5. The van der Waals surface area contributed by atoms with E-state index in [9.17, 15) is 0 Å². The average Bonchev–Trinajstić information content (AvgIpc) is 2.74. The zero-order valence-electron chi connectivity index (χ0n) is 12.2. The second-order valence-electron chi connectivity index (χ2n) is 5.28. The van der Waals surface area contributed by atoms with Crippen molar-refractivity contribution in [1.29, 1.82) is 0 Å². The molecular formula is C15H23N3O. The molecule has 0 saturated carbocycles. The molecule has 1 aliphatic heterocycles. The predicted octanol–water partition coefficient (Wildman–Crippen LogP) is 2.34. The number of aliphatic imine (C=N–C) groups is 1. The van der Waals surface area contributed by atoms with Crippen LogP contribution in [-0.2, 0) is 5.54 Å². The van der Waals surface area contributed by atoms with Crippen LogP contribution in [0, 0.1) is 0 Å². The topological polar surface area (TPSA) is 50.8 Å². The summed E-state index contributed by atoms with van der Waals surface area (Å²) < 4.78 is 5.50. The van der Waals surface area contributed by atoms with Crippen molar-refractivity contribution in [3.05, 3.63) is 29.8 Å². The van der Waals surface area contributed by atoms with Crippen molar-refractivity contribution < 1.29 is 4.74 Å². The van der Waals surface area contributed by atoms with E-state index in [-0.39, 0.29) is 5.54 Å². The Kier molecular flexibility index (Phi) is 3.69. The molecule has 0 radical (unpaired) electrons. The molecule has 4 nitrogen and oxygen atoms in total. The SMILES string of the molecule is CCC(C)N1C(N)=NCC1(C)c1ccccc1OC.